The van der Waals surface area contributed by atoms with E-state index in [0.29, 0.717) is 0 Å². The van der Waals surface area contributed by atoms with Gasteiger partial charge in [-0.2, -0.15) is 0 Å². The summed E-state index contributed by atoms with van der Waals surface area (Å²) in [5.41, 5.74) is 1.48. The molecule has 19 heavy (non-hydrogen) atoms. The van der Waals surface area contributed by atoms with E-state index in [4.69, 9.17) is 0 Å². The lowest BCUT2D eigenvalue weighted by atomic mass is 9.91. The quantitative estimate of drug-likeness (QED) is 0.764. The molecule has 1 heteroatoms. The van der Waals surface area contributed by atoms with Crippen molar-refractivity contribution in [3.8, 4) is 0 Å². The number of aryl methyl sites for hydroxylation is 1. The average Bonchev–Trinajstić information content (AvgIpc) is 2.93. The highest BCUT2D eigenvalue weighted by atomic mass is 14.9. The molecule has 3 atom stereocenters. The first kappa shape index (κ1) is 14.6. The van der Waals surface area contributed by atoms with Crippen LogP contribution in [0.5, 0.6) is 0 Å². The van der Waals surface area contributed by atoms with Crippen molar-refractivity contribution in [3.63, 3.8) is 0 Å². The maximum atomic E-state index is 3.74. The molecule has 1 aliphatic rings. The van der Waals surface area contributed by atoms with Gasteiger partial charge in [0.15, 0.2) is 0 Å². The van der Waals surface area contributed by atoms with Gasteiger partial charge in [-0.25, -0.2) is 0 Å². The monoisotopic (exact) mass is 259 g/mol. The van der Waals surface area contributed by atoms with Gasteiger partial charge >= 0.3 is 0 Å². The zero-order valence-electron chi connectivity index (χ0n) is 12.6. The van der Waals surface area contributed by atoms with E-state index in [1.165, 1.54) is 44.1 Å². The number of hydrogen-bond acceptors (Lipinski definition) is 1. The third-order valence-corrected chi connectivity index (χ3v) is 4.78. The number of hydrogen-bond donors (Lipinski definition) is 1. The summed E-state index contributed by atoms with van der Waals surface area (Å²) in [5, 5.41) is 3.74. The lowest BCUT2D eigenvalue weighted by Gasteiger charge is -2.25. The van der Waals surface area contributed by atoms with E-state index in [1.54, 1.807) is 0 Å². The summed E-state index contributed by atoms with van der Waals surface area (Å²) >= 11 is 0. The molecule has 106 valence electrons. The number of benzene rings is 1. The third kappa shape index (κ3) is 4.35. The van der Waals surface area contributed by atoms with Gasteiger partial charge in [-0.15, -0.1) is 0 Å². The molecular formula is C18H29N. The lowest BCUT2D eigenvalue weighted by Crippen LogP contribution is -2.35. The van der Waals surface area contributed by atoms with Crippen LogP contribution in [0.15, 0.2) is 30.3 Å². The minimum atomic E-state index is 0.724. The molecule has 1 aliphatic carbocycles. The highest BCUT2D eigenvalue weighted by molar-refractivity contribution is 5.14. The van der Waals surface area contributed by atoms with Crippen molar-refractivity contribution in [2.24, 2.45) is 11.8 Å². The summed E-state index contributed by atoms with van der Waals surface area (Å²) in [6, 6.07) is 11.6. The second-order valence-electron chi connectivity index (χ2n) is 6.04. The van der Waals surface area contributed by atoms with Gasteiger partial charge in [-0.1, -0.05) is 57.0 Å². The fourth-order valence-corrected chi connectivity index (χ4v) is 3.58. The number of nitrogens with one attached hydrogen (secondary N) is 1. The predicted octanol–water partition coefficient (Wildman–Crippen LogP) is 4.42. The SMILES string of the molecule is CCNC(CCc1ccccc1)C1CCC(CC)C1. The normalized spacial score (nSPS) is 24.5. The van der Waals surface area contributed by atoms with E-state index in [-0.39, 0.29) is 0 Å². The standard InChI is InChI=1S/C18H29N/c1-3-15-10-12-17(14-15)18(19-4-2)13-11-16-8-6-5-7-9-16/h5-9,15,17-19H,3-4,10-14H2,1-2H3. The van der Waals surface area contributed by atoms with E-state index in [9.17, 15) is 0 Å². The zero-order chi connectivity index (χ0) is 13.5. The van der Waals surface area contributed by atoms with Crippen molar-refractivity contribution in [1.29, 1.82) is 0 Å². The van der Waals surface area contributed by atoms with Gasteiger partial charge in [-0.3, -0.25) is 0 Å². The zero-order valence-corrected chi connectivity index (χ0v) is 12.6. The molecule has 0 spiro atoms. The van der Waals surface area contributed by atoms with E-state index in [2.05, 4.69) is 49.5 Å². The van der Waals surface area contributed by atoms with E-state index >= 15 is 0 Å². The molecule has 1 aromatic carbocycles. The highest BCUT2D eigenvalue weighted by Gasteiger charge is 2.29. The second-order valence-corrected chi connectivity index (χ2v) is 6.04. The Morgan fingerprint density at radius 2 is 1.95 bits per heavy atom. The molecule has 0 aromatic heterocycles. The van der Waals surface area contributed by atoms with Crippen LogP contribution in [0.3, 0.4) is 0 Å². The Hall–Kier alpha value is -0.820. The summed E-state index contributed by atoms with van der Waals surface area (Å²) in [6.07, 6.45) is 8.21. The molecule has 1 aromatic rings. The van der Waals surface area contributed by atoms with Crippen molar-refractivity contribution in [3.05, 3.63) is 35.9 Å². The van der Waals surface area contributed by atoms with Crippen LogP contribution in [0.2, 0.25) is 0 Å². The Kier molecular flexibility index (Phi) is 5.91. The Morgan fingerprint density at radius 3 is 2.58 bits per heavy atom. The van der Waals surface area contributed by atoms with Crippen molar-refractivity contribution in [2.75, 3.05) is 6.54 Å². The summed E-state index contributed by atoms with van der Waals surface area (Å²) in [4.78, 5) is 0. The van der Waals surface area contributed by atoms with Crippen LogP contribution in [-0.4, -0.2) is 12.6 Å². The minimum Gasteiger partial charge on any atom is -0.314 e. The summed E-state index contributed by atoms with van der Waals surface area (Å²) in [6.45, 7) is 5.69. The van der Waals surface area contributed by atoms with E-state index in [0.717, 1.165) is 24.4 Å². The molecule has 0 bridgehead atoms. The van der Waals surface area contributed by atoms with Gasteiger partial charge in [0.2, 0.25) is 0 Å². The first-order chi connectivity index (χ1) is 9.33. The van der Waals surface area contributed by atoms with Gasteiger partial charge in [0.1, 0.15) is 0 Å². The third-order valence-electron chi connectivity index (χ3n) is 4.78. The Labute approximate surface area is 118 Å². The molecule has 1 N–H and O–H groups in total. The summed E-state index contributed by atoms with van der Waals surface area (Å²) in [5.74, 6) is 1.90. The van der Waals surface area contributed by atoms with E-state index in [1.807, 2.05) is 0 Å². The largest absolute Gasteiger partial charge is 0.314 e. The van der Waals surface area contributed by atoms with Gasteiger partial charge in [-0.05, 0) is 49.6 Å². The van der Waals surface area contributed by atoms with Crippen LogP contribution in [0, 0.1) is 11.8 Å². The molecule has 1 fully saturated rings. The Balaban J connectivity index is 1.86. The highest BCUT2D eigenvalue weighted by Crippen LogP contribution is 2.36. The van der Waals surface area contributed by atoms with Crippen LogP contribution < -0.4 is 5.32 Å². The molecule has 0 heterocycles. The van der Waals surface area contributed by atoms with Crippen LogP contribution in [0.1, 0.15) is 51.5 Å². The van der Waals surface area contributed by atoms with Crippen molar-refractivity contribution in [1.82, 2.24) is 5.32 Å². The molecule has 2 rings (SSSR count). The Bertz CT molecular complexity index is 346. The smallest absolute Gasteiger partial charge is 0.00984 e. The van der Waals surface area contributed by atoms with Crippen molar-refractivity contribution < 1.29 is 0 Å². The van der Waals surface area contributed by atoms with Crippen LogP contribution >= 0.6 is 0 Å². The predicted molar refractivity (Wildman–Crippen MR) is 83.3 cm³/mol. The molecule has 1 nitrogen and oxygen atoms in total. The van der Waals surface area contributed by atoms with Gasteiger partial charge in [0, 0.05) is 6.04 Å². The minimum absolute atomic E-state index is 0.724. The van der Waals surface area contributed by atoms with E-state index < -0.39 is 0 Å². The lowest BCUT2D eigenvalue weighted by molar-refractivity contribution is 0.334. The fraction of sp³-hybridized carbons (Fsp3) is 0.667. The summed E-state index contributed by atoms with van der Waals surface area (Å²) < 4.78 is 0. The van der Waals surface area contributed by atoms with Gasteiger partial charge in [0.25, 0.3) is 0 Å². The second kappa shape index (κ2) is 7.69. The topological polar surface area (TPSA) is 12.0 Å². The molecule has 0 radical (unpaired) electrons. The van der Waals surface area contributed by atoms with Crippen molar-refractivity contribution >= 4 is 0 Å². The van der Waals surface area contributed by atoms with Gasteiger partial charge < -0.3 is 5.32 Å². The molecular weight excluding hydrogens is 230 g/mol. The van der Waals surface area contributed by atoms with Crippen LogP contribution in [0.4, 0.5) is 0 Å². The van der Waals surface area contributed by atoms with Crippen LogP contribution in [0.25, 0.3) is 0 Å². The average molecular weight is 259 g/mol. The molecule has 0 saturated heterocycles. The fourth-order valence-electron chi connectivity index (χ4n) is 3.58. The molecule has 0 aliphatic heterocycles. The molecule has 3 unspecified atom stereocenters. The van der Waals surface area contributed by atoms with Crippen molar-refractivity contribution in [2.45, 2.75) is 58.4 Å². The summed E-state index contributed by atoms with van der Waals surface area (Å²) in [7, 11) is 0. The maximum absolute atomic E-state index is 3.74. The first-order valence-electron chi connectivity index (χ1n) is 8.10. The van der Waals surface area contributed by atoms with Crippen LogP contribution in [-0.2, 0) is 6.42 Å². The number of rotatable bonds is 7. The molecule has 1 saturated carbocycles. The maximum Gasteiger partial charge on any atom is 0.00984 e. The molecule has 0 amide bonds. The Morgan fingerprint density at radius 1 is 1.16 bits per heavy atom. The van der Waals surface area contributed by atoms with Gasteiger partial charge in [0.05, 0.1) is 0 Å². The first-order valence-corrected chi connectivity index (χ1v) is 8.10.